The quantitative estimate of drug-likeness (QED) is 0.616. The molecule has 8 nitrogen and oxygen atoms in total. The van der Waals surface area contributed by atoms with Gasteiger partial charge in [-0.1, -0.05) is 13.8 Å². The lowest BCUT2D eigenvalue weighted by atomic mass is 10.0. The summed E-state index contributed by atoms with van der Waals surface area (Å²) in [5.41, 5.74) is 1.56. The minimum Gasteiger partial charge on any atom is -0.343 e. The Hall–Kier alpha value is -3.07. The molecule has 0 bridgehead atoms. The molecule has 184 valence electrons. The smallest absolute Gasteiger partial charge is 0.245 e. The van der Waals surface area contributed by atoms with Crippen molar-refractivity contribution in [2.24, 2.45) is 5.92 Å². The lowest BCUT2D eigenvalue weighted by Crippen LogP contribution is -2.54. The molecule has 9 heteroatoms. The maximum Gasteiger partial charge on any atom is 0.245 e. The topological polar surface area (TPSA) is 90.5 Å². The van der Waals surface area contributed by atoms with Crippen molar-refractivity contribution in [3.8, 4) is 0 Å². The molecule has 1 aromatic carbocycles. The number of benzene rings is 1. The van der Waals surface area contributed by atoms with Crippen LogP contribution in [0.3, 0.4) is 0 Å². The van der Waals surface area contributed by atoms with Gasteiger partial charge in [0.2, 0.25) is 11.8 Å². The summed E-state index contributed by atoms with van der Waals surface area (Å²) in [6.07, 6.45) is 1.64. The van der Waals surface area contributed by atoms with E-state index < -0.39 is 12.1 Å². The van der Waals surface area contributed by atoms with Crippen LogP contribution in [0.4, 0.5) is 15.9 Å². The molecular weight excluding hydrogens is 435 g/mol. The van der Waals surface area contributed by atoms with E-state index in [1.165, 1.54) is 12.1 Å². The first kappa shape index (κ1) is 25.6. The Morgan fingerprint density at radius 1 is 1.18 bits per heavy atom. The van der Waals surface area contributed by atoms with E-state index >= 15 is 0 Å². The third-order valence-electron chi connectivity index (χ3n) is 6.34. The highest BCUT2D eigenvalue weighted by Gasteiger charge is 2.37. The van der Waals surface area contributed by atoms with Gasteiger partial charge in [-0.25, -0.2) is 14.4 Å². The van der Waals surface area contributed by atoms with Gasteiger partial charge >= 0.3 is 0 Å². The minimum absolute atomic E-state index is 0.0611. The Labute approximate surface area is 201 Å². The summed E-state index contributed by atoms with van der Waals surface area (Å²) in [6.45, 7) is 8.06. The van der Waals surface area contributed by atoms with E-state index in [2.05, 4.69) is 20.6 Å². The molecule has 0 radical (unpaired) electrons. The molecule has 2 N–H and O–H groups in total. The fourth-order valence-corrected chi connectivity index (χ4v) is 4.15. The Bertz CT molecular complexity index is 1010. The van der Waals surface area contributed by atoms with Gasteiger partial charge in [0.05, 0.1) is 17.8 Å². The van der Waals surface area contributed by atoms with Crippen molar-refractivity contribution in [1.29, 1.82) is 0 Å². The average molecular weight is 471 g/mol. The molecule has 0 aliphatic carbocycles. The van der Waals surface area contributed by atoms with Gasteiger partial charge in [-0.05, 0) is 63.9 Å². The Morgan fingerprint density at radius 3 is 2.47 bits per heavy atom. The summed E-state index contributed by atoms with van der Waals surface area (Å²) in [5.74, 6) is 0.606. The van der Waals surface area contributed by atoms with E-state index in [0.29, 0.717) is 18.2 Å². The largest absolute Gasteiger partial charge is 0.343 e. The van der Waals surface area contributed by atoms with E-state index in [1.807, 2.05) is 43.7 Å². The van der Waals surface area contributed by atoms with E-state index in [9.17, 15) is 14.0 Å². The number of anilines is 2. The molecule has 3 rings (SSSR count). The van der Waals surface area contributed by atoms with Crippen LogP contribution in [0.25, 0.3) is 0 Å². The number of carbonyl (C=O) groups is 2. The van der Waals surface area contributed by atoms with Crippen LogP contribution in [-0.2, 0) is 9.59 Å². The van der Waals surface area contributed by atoms with Crippen LogP contribution in [0.2, 0.25) is 0 Å². The van der Waals surface area contributed by atoms with Gasteiger partial charge in [-0.2, -0.15) is 0 Å². The number of likely N-dealkylation sites (N-methyl/N-ethyl adjacent to an activating group) is 1. The highest BCUT2D eigenvalue weighted by Crippen LogP contribution is 2.34. The number of rotatable bonds is 8. The van der Waals surface area contributed by atoms with Crippen LogP contribution < -0.4 is 15.5 Å². The molecule has 0 spiro atoms. The first-order valence-corrected chi connectivity index (χ1v) is 11.7. The van der Waals surface area contributed by atoms with Gasteiger partial charge in [0.15, 0.2) is 0 Å². The lowest BCUT2D eigenvalue weighted by molar-refractivity contribution is -0.139. The standard InChI is InChI=1S/C25H35FN6O2/c1-15(2)23(30-24(33)16(3)27-5)25(34)32-13-7-8-21(32)20-14-22(29-17(4)28-20)31(6)19-11-9-18(26)10-12-19/h9-12,14-16,21,23,27H,7-8,13H2,1-6H3,(H,30,33)/t16-,21-,23?/m0/s1. The predicted octanol–water partition coefficient (Wildman–Crippen LogP) is 3.10. The first-order chi connectivity index (χ1) is 16.1. The molecule has 3 atom stereocenters. The summed E-state index contributed by atoms with van der Waals surface area (Å²) in [5, 5.41) is 5.83. The van der Waals surface area contributed by atoms with E-state index in [0.717, 1.165) is 24.2 Å². The van der Waals surface area contributed by atoms with Gasteiger partial charge in [0.25, 0.3) is 0 Å². The number of halogens is 1. The number of nitrogens with one attached hydrogen (secondary N) is 2. The zero-order valence-electron chi connectivity index (χ0n) is 20.8. The summed E-state index contributed by atoms with van der Waals surface area (Å²) in [6, 6.07) is 6.89. The van der Waals surface area contributed by atoms with Gasteiger partial charge in [0, 0.05) is 25.3 Å². The van der Waals surface area contributed by atoms with Crippen LogP contribution in [-0.4, -0.2) is 59.4 Å². The van der Waals surface area contributed by atoms with E-state index in [4.69, 9.17) is 0 Å². The number of hydrogen-bond acceptors (Lipinski definition) is 6. The third-order valence-corrected chi connectivity index (χ3v) is 6.34. The summed E-state index contributed by atoms with van der Waals surface area (Å²) >= 11 is 0. The van der Waals surface area contributed by atoms with Crippen LogP contribution >= 0.6 is 0 Å². The zero-order chi connectivity index (χ0) is 25.0. The Kier molecular flexibility index (Phi) is 8.19. The normalized spacial score (nSPS) is 17.5. The van der Waals surface area contributed by atoms with Crippen LogP contribution in [0.5, 0.6) is 0 Å². The number of aromatic nitrogens is 2. The van der Waals surface area contributed by atoms with Crippen LogP contribution in [0.1, 0.15) is 51.2 Å². The second-order valence-corrected chi connectivity index (χ2v) is 9.16. The van der Waals surface area contributed by atoms with Crippen LogP contribution in [0.15, 0.2) is 30.3 Å². The number of hydrogen-bond donors (Lipinski definition) is 2. The second-order valence-electron chi connectivity index (χ2n) is 9.16. The van der Waals surface area contributed by atoms with Crippen molar-refractivity contribution in [2.45, 2.75) is 58.7 Å². The van der Waals surface area contributed by atoms with Crippen molar-refractivity contribution >= 4 is 23.3 Å². The van der Waals surface area contributed by atoms with Crippen molar-refractivity contribution < 1.29 is 14.0 Å². The number of aryl methyl sites for hydroxylation is 1. The highest BCUT2D eigenvalue weighted by atomic mass is 19.1. The highest BCUT2D eigenvalue weighted by molar-refractivity contribution is 5.90. The molecule has 1 aliphatic rings. The molecule has 1 aromatic heterocycles. The fraction of sp³-hybridized carbons (Fsp3) is 0.520. The van der Waals surface area contributed by atoms with Crippen LogP contribution in [0, 0.1) is 18.7 Å². The van der Waals surface area contributed by atoms with Crippen molar-refractivity contribution in [3.63, 3.8) is 0 Å². The molecule has 2 aromatic rings. The summed E-state index contributed by atoms with van der Waals surface area (Å²) < 4.78 is 13.4. The van der Waals surface area contributed by atoms with E-state index in [1.54, 1.807) is 26.1 Å². The monoisotopic (exact) mass is 470 g/mol. The molecule has 34 heavy (non-hydrogen) atoms. The molecule has 2 heterocycles. The number of nitrogens with zero attached hydrogens (tertiary/aromatic N) is 4. The molecule has 1 unspecified atom stereocenters. The third kappa shape index (κ3) is 5.70. The zero-order valence-corrected chi connectivity index (χ0v) is 20.8. The molecule has 1 aliphatic heterocycles. The van der Waals surface area contributed by atoms with Gasteiger partial charge in [-0.15, -0.1) is 0 Å². The minimum atomic E-state index is -0.617. The van der Waals surface area contributed by atoms with Gasteiger partial charge < -0.3 is 20.4 Å². The summed E-state index contributed by atoms with van der Waals surface area (Å²) in [7, 11) is 3.58. The maximum atomic E-state index is 13.6. The number of carbonyl (C=O) groups excluding carboxylic acids is 2. The second kappa shape index (κ2) is 10.9. The van der Waals surface area contributed by atoms with Crippen molar-refractivity contribution in [1.82, 2.24) is 25.5 Å². The SMILES string of the molecule is CN[C@@H](C)C(=O)NC(C(=O)N1CCC[C@H]1c1cc(N(C)c2ccc(F)cc2)nc(C)n1)C(C)C. The Morgan fingerprint density at radius 2 is 1.85 bits per heavy atom. The van der Waals surface area contributed by atoms with Gasteiger partial charge in [0.1, 0.15) is 23.5 Å². The molecular formula is C25H35FN6O2. The average Bonchev–Trinajstić information content (AvgIpc) is 3.31. The lowest BCUT2D eigenvalue weighted by Gasteiger charge is -2.32. The molecule has 0 saturated carbocycles. The maximum absolute atomic E-state index is 13.6. The number of amides is 2. The first-order valence-electron chi connectivity index (χ1n) is 11.7. The summed E-state index contributed by atoms with van der Waals surface area (Å²) in [4.78, 5) is 39.0. The molecule has 2 amide bonds. The van der Waals surface area contributed by atoms with Crippen molar-refractivity contribution in [3.05, 3.63) is 47.7 Å². The molecule has 1 fully saturated rings. The fourth-order valence-electron chi connectivity index (χ4n) is 4.15. The predicted molar refractivity (Wildman–Crippen MR) is 130 cm³/mol. The molecule has 1 saturated heterocycles. The van der Waals surface area contributed by atoms with Gasteiger partial charge in [-0.3, -0.25) is 9.59 Å². The van der Waals surface area contributed by atoms with Crippen molar-refractivity contribution in [2.75, 3.05) is 25.5 Å². The Balaban J connectivity index is 1.86. The van der Waals surface area contributed by atoms with E-state index in [-0.39, 0.29) is 29.6 Å². The number of likely N-dealkylation sites (tertiary alicyclic amines) is 1.